The van der Waals surface area contributed by atoms with Crippen LogP contribution < -0.4 is 4.74 Å². The van der Waals surface area contributed by atoms with Gasteiger partial charge in [-0.25, -0.2) is 0 Å². The fraction of sp³-hybridized carbons (Fsp3) is 0.235. The van der Waals surface area contributed by atoms with Crippen molar-refractivity contribution in [1.29, 1.82) is 0 Å². The third kappa shape index (κ3) is 3.06. The fourth-order valence-electron chi connectivity index (χ4n) is 2.10. The molecule has 0 aliphatic rings. The number of Topliss-reactive ketones (excluding diaryl/α,β-unsaturated/α-hetero) is 1. The summed E-state index contributed by atoms with van der Waals surface area (Å²) in [5.41, 5.74) is 1.33. The van der Waals surface area contributed by atoms with Crippen molar-refractivity contribution in [1.82, 2.24) is 0 Å². The highest BCUT2D eigenvalue weighted by atomic mass is 16.5. The van der Waals surface area contributed by atoms with Crippen molar-refractivity contribution in [2.75, 3.05) is 7.11 Å². The maximum absolute atomic E-state index is 12.3. The van der Waals surface area contributed by atoms with Crippen LogP contribution in [0, 0.1) is 5.92 Å². The van der Waals surface area contributed by atoms with Crippen LogP contribution in [0.25, 0.3) is 0 Å². The number of aliphatic hydroxyl groups is 1. The van der Waals surface area contributed by atoms with E-state index in [4.69, 9.17) is 4.74 Å². The molecule has 0 saturated carbocycles. The molecule has 0 amide bonds. The molecule has 1 N–H and O–H groups in total. The highest BCUT2D eigenvalue weighted by molar-refractivity contribution is 5.98. The van der Waals surface area contributed by atoms with Crippen LogP contribution in [-0.4, -0.2) is 18.0 Å². The van der Waals surface area contributed by atoms with Crippen LogP contribution in [0.5, 0.6) is 5.75 Å². The number of aliphatic hydroxyl groups excluding tert-OH is 1. The quantitative estimate of drug-likeness (QED) is 0.848. The van der Waals surface area contributed by atoms with E-state index in [0.29, 0.717) is 11.1 Å². The van der Waals surface area contributed by atoms with E-state index in [-0.39, 0.29) is 5.78 Å². The first kappa shape index (κ1) is 14.3. The minimum Gasteiger partial charge on any atom is -0.497 e. The van der Waals surface area contributed by atoms with Crippen LogP contribution in [0.3, 0.4) is 0 Å². The minimum absolute atomic E-state index is 0.0612. The first-order valence-corrected chi connectivity index (χ1v) is 6.54. The molecule has 3 heteroatoms. The molecule has 3 nitrogen and oxygen atoms in total. The Labute approximate surface area is 118 Å². The molecule has 0 heterocycles. The summed E-state index contributed by atoms with van der Waals surface area (Å²) in [6.45, 7) is 1.74. The maximum Gasteiger partial charge on any atom is 0.168 e. The van der Waals surface area contributed by atoms with Gasteiger partial charge in [-0.2, -0.15) is 0 Å². The molecule has 0 aliphatic heterocycles. The highest BCUT2D eigenvalue weighted by Gasteiger charge is 2.24. The summed E-state index contributed by atoms with van der Waals surface area (Å²) in [6.07, 6.45) is -0.825. The van der Waals surface area contributed by atoms with Crippen molar-refractivity contribution < 1.29 is 14.6 Å². The number of carbonyl (C=O) groups is 1. The fourth-order valence-corrected chi connectivity index (χ4v) is 2.10. The van der Waals surface area contributed by atoms with Crippen molar-refractivity contribution in [2.24, 2.45) is 5.92 Å². The number of benzene rings is 2. The van der Waals surface area contributed by atoms with Crippen molar-refractivity contribution >= 4 is 5.78 Å². The van der Waals surface area contributed by atoms with Crippen molar-refractivity contribution in [3.05, 3.63) is 65.7 Å². The molecule has 2 aromatic carbocycles. The van der Waals surface area contributed by atoms with Gasteiger partial charge in [-0.3, -0.25) is 4.79 Å². The molecule has 0 fully saturated rings. The Kier molecular flexibility index (Phi) is 4.53. The number of hydrogen-bond donors (Lipinski definition) is 1. The summed E-state index contributed by atoms with van der Waals surface area (Å²) >= 11 is 0. The van der Waals surface area contributed by atoms with E-state index in [9.17, 15) is 9.90 Å². The normalized spacial score (nSPS) is 13.6. The Hall–Kier alpha value is -2.13. The lowest BCUT2D eigenvalue weighted by Crippen LogP contribution is -2.19. The molecule has 2 rings (SSSR count). The Balaban J connectivity index is 2.15. The first-order valence-electron chi connectivity index (χ1n) is 6.54. The second-order valence-corrected chi connectivity index (χ2v) is 4.74. The second kappa shape index (κ2) is 6.35. The molecule has 20 heavy (non-hydrogen) atoms. The average Bonchev–Trinajstić information content (AvgIpc) is 2.53. The van der Waals surface area contributed by atoms with Crippen molar-refractivity contribution in [3.8, 4) is 5.75 Å². The zero-order valence-corrected chi connectivity index (χ0v) is 11.6. The Morgan fingerprint density at radius 3 is 2.20 bits per heavy atom. The van der Waals surface area contributed by atoms with E-state index < -0.39 is 12.0 Å². The Bertz CT molecular complexity index is 561. The predicted octanol–water partition coefficient (Wildman–Crippen LogP) is 3.25. The third-order valence-corrected chi connectivity index (χ3v) is 3.40. The summed E-state index contributed by atoms with van der Waals surface area (Å²) in [7, 11) is 1.59. The molecule has 0 radical (unpaired) electrons. The molecular weight excluding hydrogens is 252 g/mol. The van der Waals surface area contributed by atoms with Gasteiger partial charge in [0.05, 0.1) is 13.2 Å². The van der Waals surface area contributed by atoms with Gasteiger partial charge in [0.25, 0.3) is 0 Å². The van der Waals surface area contributed by atoms with E-state index in [1.165, 1.54) is 0 Å². The zero-order chi connectivity index (χ0) is 14.5. The second-order valence-electron chi connectivity index (χ2n) is 4.74. The van der Waals surface area contributed by atoms with E-state index >= 15 is 0 Å². The molecule has 0 saturated heterocycles. The van der Waals surface area contributed by atoms with Crippen molar-refractivity contribution in [2.45, 2.75) is 13.0 Å². The highest BCUT2D eigenvalue weighted by Crippen LogP contribution is 2.26. The Morgan fingerprint density at radius 1 is 1.05 bits per heavy atom. The summed E-state index contributed by atoms with van der Waals surface area (Å²) in [6, 6.07) is 16.1. The van der Waals surface area contributed by atoms with Crippen LogP contribution in [0.4, 0.5) is 0 Å². The molecular formula is C17H18O3. The lowest BCUT2D eigenvalue weighted by molar-refractivity contribution is 0.0713. The predicted molar refractivity (Wildman–Crippen MR) is 77.9 cm³/mol. The summed E-state index contributed by atoms with van der Waals surface area (Å²) < 4.78 is 5.08. The van der Waals surface area contributed by atoms with Crippen molar-refractivity contribution in [3.63, 3.8) is 0 Å². The zero-order valence-electron chi connectivity index (χ0n) is 11.6. The van der Waals surface area contributed by atoms with Gasteiger partial charge in [-0.05, 0) is 17.7 Å². The van der Waals surface area contributed by atoms with Gasteiger partial charge < -0.3 is 9.84 Å². The molecule has 0 spiro atoms. The number of ether oxygens (including phenoxy) is 1. The van der Waals surface area contributed by atoms with Gasteiger partial charge in [0.15, 0.2) is 5.78 Å². The number of hydrogen-bond acceptors (Lipinski definition) is 3. The SMILES string of the molecule is COc1ccc([C@H](O)[C@H](C)C(=O)c2ccccc2)cc1. The third-order valence-electron chi connectivity index (χ3n) is 3.40. The van der Waals surface area contributed by atoms with E-state index in [1.807, 2.05) is 18.2 Å². The smallest absolute Gasteiger partial charge is 0.168 e. The van der Waals surface area contributed by atoms with E-state index in [1.54, 1.807) is 50.4 Å². The molecule has 0 unspecified atom stereocenters. The van der Waals surface area contributed by atoms with Gasteiger partial charge in [-0.1, -0.05) is 49.4 Å². The summed E-state index contributed by atoms with van der Waals surface area (Å²) in [5.74, 6) is 0.169. The summed E-state index contributed by atoms with van der Waals surface area (Å²) in [4.78, 5) is 12.3. The molecule has 104 valence electrons. The molecule has 0 aromatic heterocycles. The van der Waals surface area contributed by atoms with Crippen LogP contribution in [-0.2, 0) is 0 Å². The van der Waals surface area contributed by atoms with Crippen LogP contribution >= 0.6 is 0 Å². The largest absolute Gasteiger partial charge is 0.497 e. The standard InChI is InChI=1S/C17H18O3/c1-12(16(18)13-6-4-3-5-7-13)17(19)14-8-10-15(20-2)11-9-14/h3-12,17,19H,1-2H3/t12-,17-/m1/s1. The van der Waals surface area contributed by atoms with Gasteiger partial charge in [0.2, 0.25) is 0 Å². The minimum atomic E-state index is -0.825. The molecule has 0 bridgehead atoms. The average molecular weight is 270 g/mol. The van der Waals surface area contributed by atoms with Crippen LogP contribution in [0.15, 0.2) is 54.6 Å². The molecule has 2 atom stereocenters. The van der Waals surface area contributed by atoms with E-state index in [0.717, 1.165) is 5.75 Å². The number of carbonyl (C=O) groups excluding carboxylic acids is 1. The van der Waals surface area contributed by atoms with Gasteiger partial charge in [0, 0.05) is 11.5 Å². The monoisotopic (exact) mass is 270 g/mol. The Morgan fingerprint density at radius 2 is 1.65 bits per heavy atom. The first-order chi connectivity index (χ1) is 9.63. The van der Waals surface area contributed by atoms with Crippen LogP contribution in [0.1, 0.15) is 28.9 Å². The number of ketones is 1. The topological polar surface area (TPSA) is 46.5 Å². The molecule has 2 aromatic rings. The van der Waals surface area contributed by atoms with Gasteiger partial charge >= 0.3 is 0 Å². The molecule has 0 aliphatic carbocycles. The number of rotatable bonds is 5. The lowest BCUT2D eigenvalue weighted by Gasteiger charge is -2.18. The van der Waals surface area contributed by atoms with Crippen LogP contribution in [0.2, 0.25) is 0 Å². The number of methoxy groups -OCH3 is 1. The maximum atomic E-state index is 12.3. The van der Waals surface area contributed by atoms with Gasteiger partial charge in [-0.15, -0.1) is 0 Å². The van der Waals surface area contributed by atoms with Gasteiger partial charge in [0.1, 0.15) is 5.75 Å². The lowest BCUT2D eigenvalue weighted by atomic mass is 9.90. The van der Waals surface area contributed by atoms with E-state index in [2.05, 4.69) is 0 Å². The summed E-state index contributed by atoms with van der Waals surface area (Å²) in [5, 5.41) is 10.3.